The van der Waals surface area contributed by atoms with Crippen LogP contribution in [0, 0.1) is 0 Å². The Morgan fingerprint density at radius 3 is 2.15 bits per heavy atom. The monoisotopic (exact) mass is 202 g/mol. The quantitative estimate of drug-likeness (QED) is 0.682. The highest BCUT2D eigenvalue weighted by atomic mass is 32.2. The van der Waals surface area contributed by atoms with Crippen LogP contribution in [0.25, 0.3) is 0 Å². The minimum Gasteiger partial charge on any atom is -0.205 e. The topological polar surface area (TPSA) is 52.0 Å². The molecule has 0 saturated carbocycles. The van der Waals surface area contributed by atoms with Gasteiger partial charge in [-0.2, -0.15) is 9.19 Å². The van der Waals surface area contributed by atoms with Gasteiger partial charge in [-0.15, -0.1) is 0 Å². The zero-order chi connectivity index (χ0) is 10.3. The van der Waals surface area contributed by atoms with E-state index < -0.39 is 10.0 Å². The normalized spacial score (nSPS) is 13.2. The molecule has 0 aliphatic heterocycles. The van der Waals surface area contributed by atoms with Crippen molar-refractivity contribution in [3.63, 3.8) is 0 Å². The Kier molecular flexibility index (Phi) is 2.23. The molecule has 1 aromatic heterocycles. The van der Waals surface area contributed by atoms with Gasteiger partial charge in [0.25, 0.3) is 10.0 Å². The minimum atomic E-state index is -3.24. The van der Waals surface area contributed by atoms with E-state index in [4.69, 9.17) is 0 Å². The van der Waals surface area contributed by atoms with Crippen molar-refractivity contribution in [3.05, 3.63) is 18.0 Å². The molecule has 74 valence electrons. The van der Waals surface area contributed by atoms with Crippen LogP contribution >= 0.6 is 0 Å². The van der Waals surface area contributed by atoms with Crippen molar-refractivity contribution in [2.24, 2.45) is 0 Å². The Morgan fingerprint density at radius 1 is 1.38 bits per heavy atom. The molecule has 0 atom stereocenters. The fourth-order valence-corrected chi connectivity index (χ4v) is 1.40. The summed E-state index contributed by atoms with van der Waals surface area (Å²) in [5.41, 5.74) is 0.848. The minimum absolute atomic E-state index is 0.0665. The van der Waals surface area contributed by atoms with Crippen LogP contribution in [0.4, 0.5) is 0 Å². The van der Waals surface area contributed by atoms with E-state index in [1.165, 1.54) is 0 Å². The van der Waals surface area contributed by atoms with Gasteiger partial charge in [-0.1, -0.05) is 20.8 Å². The average Bonchev–Trinajstić information content (AvgIpc) is 2.28. The molecule has 1 aromatic rings. The Bertz CT molecular complexity index is 398. The lowest BCUT2D eigenvalue weighted by Gasteiger charge is -2.14. The average molecular weight is 202 g/mol. The van der Waals surface area contributed by atoms with E-state index in [0.29, 0.717) is 0 Å². The molecule has 0 bridgehead atoms. The molecule has 5 heteroatoms. The second-order valence-corrected chi connectivity index (χ2v) is 5.95. The Hall–Kier alpha value is -0.840. The van der Waals surface area contributed by atoms with E-state index in [0.717, 1.165) is 15.9 Å². The maximum atomic E-state index is 11.1. The van der Waals surface area contributed by atoms with Crippen molar-refractivity contribution in [1.29, 1.82) is 0 Å². The summed E-state index contributed by atoms with van der Waals surface area (Å²) in [6, 6.07) is 0. The lowest BCUT2D eigenvalue weighted by molar-refractivity contribution is 0.583. The molecule has 4 nitrogen and oxygen atoms in total. The molecule has 0 aliphatic carbocycles. The van der Waals surface area contributed by atoms with Crippen molar-refractivity contribution in [2.45, 2.75) is 26.2 Å². The zero-order valence-corrected chi connectivity index (χ0v) is 9.09. The van der Waals surface area contributed by atoms with Crippen LogP contribution in [0.3, 0.4) is 0 Å². The fourth-order valence-electron chi connectivity index (χ4n) is 0.873. The van der Waals surface area contributed by atoms with Gasteiger partial charge in [0.15, 0.2) is 0 Å². The third-order valence-corrected chi connectivity index (χ3v) is 2.65. The highest BCUT2D eigenvalue weighted by Crippen LogP contribution is 2.21. The molecule has 0 aromatic carbocycles. The lowest BCUT2D eigenvalue weighted by atomic mass is 9.90. The summed E-state index contributed by atoms with van der Waals surface area (Å²) in [4.78, 5) is 0. The molecular formula is C8H14N2O2S. The van der Waals surface area contributed by atoms with Gasteiger partial charge in [0, 0.05) is 6.20 Å². The van der Waals surface area contributed by atoms with Crippen molar-refractivity contribution in [1.82, 2.24) is 9.19 Å². The van der Waals surface area contributed by atoms with E-state index in [1.54, 1.807) is 12.4 Å². The molecule has 1 heterocycles. The van der Waals surface area contributed by atoms with Crippen molar-refractivity contribution in [2.75, 3.05) is 6.26 Å². The van der Waals surface area contributed by atoms with Crippen LogP contribution < -0.4 is 0 Å². The first-order valence-corrected chi connectivity index (χ1v) is 5.82. The number of nitrogens with zero attached hydrogens (tertiary/aromatic N) is 2. The van der Waals surface area contributed by atoms with E-state index in [-0.39, 0.29) is 5.41 Å². The largest absolute Gasteiger partial charge is 0.250 e. The second-order valence-electron chi connectivity index (χ2n) is 4.11. The summed E-state index contributed by atoms with van der Waals surface area (Å²) >= 11 is 0. The predicted molar refractivity (Wildman–Crippen MR) is 51.2 cm³/mol. The maximum absolute atomic E-state index is 11.1. The first-order valence-electron chi connectivity index (χ1n) is 3.97. The molecule has 0 spiro atoms. The summed E-state index contributed by atoms with van der Waals surface area (Å²) in [7, 11) is -3.24. The number of hydrogen-bond donors (Lipinski definition) is 0. The van der Waals surface area contributed by atoms with E-state index >= 15 is 0 Å². The first-order chi connectivity index (χ1) is 5.71. The molecule has 0 radical (unpaired) electrons. The molecule has 0 amide bonds. The lowest BCUT2D eigenvalue weighted by Crippen LogP contribution is -2.12. The van der Waals surface area contributed by atoms with Crippen LogP contribution in [0.15, 0.2) is 12.4 Å². The van der Waals surface area contributed by atoms with E-state index in [9.17, 15) is 8.42 Å². The maximum Gasteiger partial charge on any atom is 0.250 e. The van der Waals surface area contributed by atoms with Crippen LogP contribution in [0.5, 0.6) is 0 Å². The molecule has 0 saturated heterocycles. The van der Waals surface area contributed by atoms with Gasteiger partial charge < -0.3 is 0 Å². The van der Waals surface area contributed by atoms with Gasteiger partial charge in [0.1, 0.15) is 0 Å². The summed E-state index contributed by atoms with van der Waals surface area (Å²) in [6.07, 6.45) is 4.27. The van der Waals surface area contributed by atoms with E-state index in [2.05, 4.69) is 5.10 Å². The summed E-state index contributed by atoms with van der Waals surface area (Å²) in [5.74, 6) is 0. The van der Waals surface area contributed by atoms with Gasteiger partial charge in [-0.05, 0) is 11.0 Å². The first kappa shape index (κ1) is 10.2. The zero-order valence-electron chi connectivity index (χ0n) is 8.27. The standard InChI is InChI=1S/C8H14N2O2S/c1-8(2,3)7-5-9-10(6-7)13(4,11)12/h5-6H,1-4H3. The number of rotatable bonds is 1. The Morgan fingerprint density at radius 2 is 1.92 bits per heavy atom. The predicted octanol–water partition coefficient (Wildman–Crippen LogP) is 0.988. The van der Waals surface area contributed by atoms with Crippen molar-refractivity contribution >= 4 is 10.0 Å². The second kappa shape index (κ2) is 2.83. The molecule has 0 N–H and O–H groups in total. The van der Waals surface area contributed by atoms with Gasteiger partial charge in [0.2, 0.25) is 0 Å². The molecule has 0 unspecified atom stereocenters. The molecule has 0 fully saturated rings. The third kappa shape index (κ3) is 2.30. The number of aromatic nitrogens is 2. The Balaban J connectivity index is 3.16. The SMILES string of the molecule is CC(C)(C)c1cnn(S(C)(=O)=O)c1. The number of hydrogen-bond acceptors (Lipinski definition) is 3. The highest BCUT2D eigenvalue weighted by Gasteiger charge is 2.17. The smallest absolute Gasteiger partial charge is 0.205 e. The van der Waals surface area contributed by atoms with Crippen LogP contribution in [0.1, 0.15) is 26.3 Å². The molecule has 1 rings (SSSR count). The Labute approximate surface area is 78.6 Å². The van der Waals surface area contributed by atoms with Crippen molar-refractivity contribution < 1.29 is 8.42 Å². The third-order valence-electron chi connectivity index (χ3n) is 1.77. The highest BCUT2D eigenvalue weighted by molar-refractivity contribution is 7.89. The molecule has 0 aliphatic rings. The summed E-state index contributed by atoms with van der Waals surface area (Å²) in [5, 5.41) is 3.78. The van der Waals surface area contributed by atoms with Crippen LogP contribution in [0.2, 0.25) is 0 Å². The van der Waals surface area contributed by atoms with Gasteiger partial charge >= 0.3 is 0 Å². The van der Waals surface area contributed by atoms with Crippen molar-refractivity contribution in [3.8, 4) is 0 Å². The van der Waals surface area contributed by atoms with Crippen LogP contribution in [-0.4, -0.2) is 23.9 Å². The van der Waals surface area contributed by atoms with Crippen LogP contribution in [-0.2, 0) is 15.4 Å². The van der Waals surface area contributed by atoms with Gasteiger partial charge in [0.05, 0.1) is 12.5 Å². The summed E-state index contributed by atoms with van der Waals surface area (Å²) in [6.45, 7) is 6.03. The van der Waals surface area contributed by atoms with Gasteiger partial charge in [-0.25, -0.2) is 8.42 Å². The molecular weight excluding hydrogens is 188 g/mol. The van der Waals surface area contributed by atoms with E-state index in [1.807, 2.05) is 20.8 Å². The fraction of sp³-hybridized carbons (Fsp3) is 0.625. The molecule has 13 heavy (non-hydrogen) atoms. The summed E-state index contributed by atoms with van der Waals surface area (Å²) < 4.78 is 23.1. The van der Waals surface area contributed by atoms with Gasteiger partial charge in [-0.3, -0.25) is 0 Å².